The molecule has 0 spiro atoms. The molecule has 1 aromatic heterocycles. The molecule has 1 saturated heterocycles. The highest BCUT2D eigenvalue weighted by atomic mass is 19.1. The lowest BCUT2D eigenvalue weighted by atomic mass is 9.95. The molecule has 3 aromatic rings. The third-order valence-electron chi connectivity index (χ3n) is 5.55. The van der Waals surface area contributed by atoms with Crippen LogP contribution in [-0.2, 0) is 11.3 Å². The van der Waals surface area contributed by atoms with Gasteiger partial charge in [0.2, 0.25) is 17.6 Å². The van der Waals surface area contributed by atoms with E-state index in [-0.39, 0.29) is 17.6 Å². The first-order valence-corrected chi connectivity index (χ1v) is 10.4. The maximum atomic E-state index is 13.1. The van der Waals surface area contributed by atoms with Gasteiger partial charge in [0.15, 0.2) is 0 Å². The number of aromatic nitrogens is 2. The lowest BCUT2D eigenvalue weighted by molar-refractivity contribution is -0.121. The van der Waals surface area contributed by atoms with Crippen molar-refractivity contribution >= 4 is 11.6 Å². The minimum atomic E-state index is -0.311. The van der Waals surface area contributed by atoms with E-state index in [0.29, 0.717) is 41.0 Å². The predicted molar refractivity (Wildman–Crippen MR) is 116 cm³/mol. The van der Waals surface area contributed by atoms with Crippen LogP contribution in [0.1, 0.15) is 18.7 Å². The number of hydrogen-bond donors (Lipinski definition) is 1. The Morgan fingerprint density at radius 1 is 1.16 bits per heavy atom. The first kappa shape index (κ1) is 21.8. The van der Waals surface area contributed by atoms with Crippen molar-refractivity contribution in [3.8, 4) is 22.9 Å². The molecule has 0 radical (unpaired) electrons. The van der Waals surface area contributed by atoms with Crippen LogP contribution in [0.2, 0.25) is 0 Å². The van der Waals surface area contributed by atoms with Gasteiger partial charge in [0, 0.05) is 17.5 Å². The monoisotopic (exact) mass is 440 g/mol. The van der Waals surface area contributed by atoms with E-state index in [1.807, 2.05) is 0 Å². The van der Waals surface area contributed by atoms with E-state index < -0.39 is 0 Å². The summed E-state index contributed by atoms with van der Waals surface area (Å²) in [6.45, 7) is 1.98. The number of methoxy groups -OCH3 is 2. The number of anilines is 1. The highest BCUT2D eigenvalue weighted by Gasteiger charge is 2.26. The summed E-state index contributed by atoms with van der Waals surface area (Å²) >= 11 is 0. The van der Waals surface area contributed by atoms with E-state index in [1.165, 1.54) is 12.1 Å². The summed E-state index contributed by atoms with van der Waals surface area (Å²) in [5.41, 5.74) is 1.29. The number of carbonyl (C=O) groups is 1. The van der Waals surface area contributed by atoms with Crippen molar-refractivity contribution in [1.82, 2.24) is 15.0 Å². The molecule has 1 aliphatic rings. The number of amides is 1. The number of carbonyl (C=O) groups excluding carboxylic acids is 1. The minimum Gasteiger partial charge on any atom is -0.497 e. The molecule has 168 valence electrons. The van der Waals surface area contributed by atoms with Crippen molar-refractivity contribution in [2.45, 2.75) is 19.4 Å². The average molecular weight is 440 g/mol. The van der Waals surface area contributed by atoms with Gasteiger partial charge in [0.25, 0.3) is 0 Å². The second kappa shape index (κ2) is 9.78. The van der Waals surface area contributed by atoms with E-state index in [9.17, 15) is 9.18 Å². The zero-order valence-corrected chi connectivity index (χ0v) is 18.0. The molecule has 2 heterocycles. The van der Waals surface area contributed by atoms with Gasteiger partial charge in [-0.1, -0.05) is 5.16 Å². The molecule has 0 atom stereocenters. The van der Waals surface area contributed by atoms with Gasteiger partial charge < -0.3 is 19.3 Å². The molecule has 8 nitrogen and oxygen atoms in total. The fraction of sp³-hybridized carbons (Fsp3) is 0.348. The highest BCUT2D eigenvalue weighted by molar-refractivity contribution is 5.94. The Bertz CT molecular complexity index is 1060. The van der Waals surface area contributed by atoms with Crippen molar-refractivity contribution in [3.05, 3.63) is 54.2 Å². The van der Waals surface area contributed by atoms with Crippen molar-refractivity contribution in [2.24, 2.45) is 5.92 Å². The fourth-order valence-corrected chi connectivity index (χ4v) is 3.73. The smallest absolute Gasteiger partial charge is 0.241 e. The van der Waals surface area contributed by atoms with E-state index in [2.05, 4.69) is 20.4 Å². The lowest BCUT2D eigenvalue weighted by Gasteiger charge is -2.30. The standard InChI is InChI=1S/C23H25FN4O4/c1-30-18-7-8-20(31-2)19(13-18)25-23(29)16-9-11-28(12-10-16)14-21-26-22(27-32-21)15-3-5-17(24)6-4-15/h3-8,13,16H,9-12,14H2,1-2H3,(H,25,29). The number of halogens is 1. The predicted octanol–water partition coefficient (Wildman–Crippen LogP) is 3.74. The molecule has 9 heteroatoms. The Kier molecular flexibility index (Phi) is 6.65. The largest absolute Gasteiger partial charge is 0.497 e. The summed E-state index contributed by atoms with van der Waals surface area (Å²) in [5, 5.41) is 6.95. The van der Waals surface area contributed by atoms with Crippen LogP contribution in [-0.4, -0.2) is 48.3 Å². The lowest BCUT2D eigenvalue weighted by Crippen LogP contribution is -2.37. The van der Waals surface area contributed by atoms with E-state index in [4.69, 9.17) is 14.0 Å². The normalized spacial score (nSPS) is 14.8. The minimum absolute atomic E-state index is 0.0346. The van der Waals surface area contributed by atoms with Gasteiger partial charge in [-0.15, -0.1) is 0 Å². The van der Waals surface area contributed by atoms with Gasteiger partial charge in [-0.05, 0) is 62.3 Å². The second-order valence-electron chi connectivity index (χ2n) is 7.62. The molecule has 0 bridgehead atoms. The summed E-state index contributed by atoms with van der Waals surface area (Å²) < 4.78 is 29.0. The van der Waals surface area contributed by atoms with Crippen LogP contribution in [0.25, 0.3) is 11.4 Å². The van der Waals surface area contributed by atoms with Gasteiger partial charge in [-0.25, -0.2) is 4.39 Å². The van der Waals surface area contributed by atoms with Crippen LogP contribution >= 0.6 is 0 Å². The average Bonchev–Trinajstić information content (AvgIpc) is 3.28. The Morgan fingerprint density at radius 3 is 2.59 bits per heavy atom. The maximum Gasteiger partial charge on any atom is 0.241 e. The summed E-state index contributed by atoms with van der Waals surface area (Å²) in [5.74, 6) is 1.72. The Labute approximate surface area is 185 Å². The number of hydrogen-bond acceptors (Lipinski definition) is 7. The number of benzene rings is 2. The second-order valence-corrected chi connectivity index (χ2v) is 7.62. The summed E-state index contributed by atoms with van der Waals surface area (Å²) in [6, 6.07) is 11.3. The molecular formula is C23H25FN4O4. The molecule has 0 aliphatic carbocycles. The fourth-order valence-electron chi connectivity index (χ4n) is 3.73. The third kappa shape index (κ3) is 5.05. The van der Waals surface area contributed by atoms with Crippen molar-refractivity contribution in [1.29, 1.82) is 0 Å². The number of ether oxygens (including phenoxy) is 2. The molecule has 0 unspecified atom stereocenters. The quantitative estimate of drug-likeness (QED) is 0.599. The molecular weight excluding hydrogens is 415 g/mol. The maximum absolute atomic E-state index is 13.1. The van der Waals surface area contributed by atoms with Gasteiger partial charge in [-0.3, -0.25) is 9.69 Å². The van der Waals surface area contributed by atoms with Crippen molar-refractivity contribution in [2.75, 3.05) is 32.6 Å². The van der Waals surface area contributed by atoms with E-state index >= 15 is 0 Å². The summed E-state index contributed by atoms with van der Waals surface area (Å²) in [7, 11) is 3.14. The van der Waals surface area contributed by atoms with Crippen molar-refractivity contribution < 1.29 is 23.2 Å². The van der Waals surface area contributed by atoms with Gasteiger partial charge in [0.1, 0.15) is 17.3 Å². The highest BCUT2D eigenvalue weighted by Crippen LogP contribution is 2.30. The zero-order valence-electron chi connectivity index (χ0n) is 18.0. The molecule has 1 fully saturated rings. The molecule has 0 saturated carbocycles. The molecule has 32 heavy (non-hydrogen) atoms. The SMILES string of the molecule is COc1ccc(OC)c(NC(=O)C2CCN(Cc3nc(-c4ccc(F)cc4)no3)CC2)c1. The molecule has 4 rings (SSSR count). The molecule has 1 aliphatic heterocycles. The summed E-state index contributed by atoms with van der Waals surface area (Å²) in [6.07, 6.45) is 1.44. The van der Waals surface area contributed by atoms with Gasteiger partial charge >= 0.3 is 0 Å². The number of likely N-dealkylation sites (tertiary alicyclic amines) is 1. The van der Waals surface area contributed by atoms with Crippen LogP contribution in [0.3, 0.4) is 0 Å². The number of nitrogens with one attached hydrogen (secondary N) is 1. The molecule has 2 aromatic carbocycles. The zero-order chi connectivity index (χ0) is 22.5. The number of rotatable bonds is 7. The molecule has 1 N–H and O–H groups in total. The van der Waals surface area contributed by atoms with E-state index in [1.54, 1.807) is 44.6 Å². The topological polar surface area (TPSA) is 89.7 Å². The summed E-state index contributed by atoms with van der Waals surface area (Å²) in [4.78, 5) is 19.4. The Morgan fingerprint density at radius 2 is 1.91 bits per heavy atom. The Hall–Kier alpha value is -3.46. The van der Waals surface area contributed by atoms with Crippen LogP contribution < -0.4 is 14.8 Å². The first-order chi connectivity index (χ1) is 15.6. The van der Waals surface area contributed by atoms with Crippen LogP contribution in [0, 0.1) is 11.7 Å². The van der Waals surface area contributed by atoms with Crippen LogP contribution in [0.4, 0.5) is 10.1 Å². The number of nitrogens with zero attached hydrogens (tertiary/aromatic N) is 3. The van der Waals surface area contributed by atoms with Gasteiger partial charge in [0.05, 0.1) is 26.5 Å². The van der Waals surface area contributed by atoms with Crippen LogP contribution in [0.15, 0.2) is 47.0 Å². The van der Waals surface area contributed by atoms with Gasteiger partial charge in [-0.2, -0.15) is 4.98 Å². The number of piperidine rings is 1. The Balaban J connectivity index is 1.31. The third-order valence-corrected chi connectivity index (χ3v) is 5.55. The molecule has 1 amide bonds. The van der Waals surface area contributed by atoms with Crippen molar-refractivity contribution in [3.63, 3.8) is 0 Å². The van der Waals surface area contributed by atoms with Crippen LogP contribution in [0.5, 0.6) is 11.5 Å². The van der Waals surface area contributed by atoms with E-state index in [0.717, 1.165) is 25.9 Å². The first-order valence-electron chi connectivity index (χ1n) is 10.4.